The number of nitrogens with zero attached hydrogens (tertiary/aromatic N) is 9. The number of hydrogen-bond acceptors (Lipinski definition) is 9. The highest BCUT2D eigenvalue weighted by molar-refractivity contribution is 7.20. The Morgan fingerprint density at radius 3 is 0.764 bits per heavy atom. The highest BCUT2D eigenvalue weighted by atomic mass is 28.3. The van der Waals surface area contributed by atoms with E-state index in [0.29, 0.717) is 0 Å². The molecule has 9 nitrogen and oxygen atoms in total. The number of anilines is 9. The van der Waals surface area contributed by atoms with E-state index in [2.05, 4.69) is 235 Å². The van der Waals surface area contributed by atoms with Crippen LogP contribution in [0.4, 0.5) is 51.2 Å². The van der Waals surface area contributed by atoms with Crippen LogP contribution in [-0.2, 0) is 0 Å². The van der Waals surface area contributed by atoms with Crippen molar-refractivity contribution in [1.29, 1.82) is 0 Å². The highest BCUT2D eigenvalue weighted by Gasteiger charge is 2.57. The SMILES string of the molecule is CC1=C(C)C(C)C([Si](c2c(N(C)C)ccc(N(C)C)c2N(C)C)(c2c(N(C)C)ccc(N(C)C)c2N(C)C)c2c(N(C)C)ccc(N(C)C)c2N(C)C)=C1C. The second-order valence-corrected chi connectivity index (χ2v) is 20.9. The molecular formula is C45H73N9Si. The van der Waals surface area contributed by atoms with Crippen LogP contribution < -0.4 is 59.7 Å². The quantitative estimate of drug-likeness (QED) is 0.163. The third-order valence-corrected chi connectivity index (χ3v) is 17.2. The Morgan fingerprint density at radius 2 is 0.582 bits per heavy atom. The molecule has 1 atom stereocenters. The molecule has 0 radical (unpaired) electrons. The first-order valence-electron chi connectivity index (χ1n) is 19.4. The molecule has 4 rings (SSSR count). The van der Waals surface area contributed by atoms with E-state index in [4.69, 9.17) is 0 Å². The lowest BCUT2D eigenvalue weighted by Gasteiger charge is -2.48. The van der Waals surface area contributed by atoms with Gasteiger partial charge in [-0.2, -0.15) is 0 Å². The zero-order valence-electron chi connectivity index (χ0n) is 38.6. The maximum absolute atomic E-state index is 3.57. The molecule has 0 N–H and O–H groups in total. The van der Waals surface area contributed by atoms with Gasteiger partial charge in [-0.25, -0.2) is 0 Å². The summed E-state index contributed by atoms with van der Waals surface area (Å²) in [4.78, 5) is 21.2. The van der Waals surface area contributed by atoms with Crippen molar-refractivity contribution >= 4 is 74.8 Å². The summed E-state index contributed by atoms with van der Waals surface area (Å²) >= 11 is 0. The lowest BCUT2D eigenvalue weighted by Crippen LogP contribution is -2.73. The van der Waals surface area contributed by atoms with Crippen molar-refractivity contribution in [3.8, 4) is 0 Å². The zero-order valence-corrected chi connectivity index (χ0v) is 39.6. The van der Waals surface area contributed by atoms with Crippen LogP contribution in [0.1, 0.15) is 27.7 Å². The van der Waals surface area contributed by atoms with Crippen LogP contribution >= 0.6 is 0 Å². The second-order valence-electron chi connectivity index (χ2n) is 17.4. The Morgan fingerprint density at radius 1 is 0.345 bits per heavy atom. The van der Waals surface area contributed by atoms with E-state index >= 15 is 0 Å². The average molecular weight is 768 g/mol. The van der Waals surface area contributed by atoms with Crippen molar-refractivity contribution in [3.63, 3.8) is 0 Å². The summed E-state index contributed by atoms with van der Waals surface area (Å²) in [6, 6.07) is 14.2. The molecule has 0 bridgehead atoms. The van der Waals surface area contributed by atoms with Crippen molar-refractivity contribution < 1.29 is 0 Å². The fourth-order valence-corrected chi connectivity index (χ4v) is 16.5. The van der Waals surface area contributed by atoms with E-state index in [9.17, 15) is 0 Å². The van der Waals surface area contributed by atoms with Gasteiger partial charge in [-0.1, -0.05) is 23.3 Å². The molecular weight excluding hydrogens is 695 g/mol. The Hall–Kier alpha value is -4.44. The van der Waals surface area contributed by atoms with E-state index in [0.717, 1.165) is 0 Å². The third kappa shape index (κ3) is 7.00. The standard InChI is InChI=1S/C45H73N9Si/c1-29-30(2)32(4)42(31(29)3)55(43-36(49(11)12)26-23-33(46(5)6)39(43)52(17)18,44-37(50(13)14)27-24-34(47(7)8)40(44)53(19)20)45-38(51(15)16)28-25-35(48(9)10)41(45)54(21)22/h23-28,31H,1-22H3. The van der Waals surface area contributed by atoms with Gasteiger partial charge in [0.05, 0.1) is 34.1 Å². The van der Waals surface area contributed by atoms with Crippen LogP contribution in [0.5, 0.6) is 0 Å². The molecule has 3 aromatic carbocycles. The van der Waals surface area contributed by atoms with Gasteiger partial charge < -0.3 is 44.1 Å². The largest absolute Gasteiger partial charge is 0.378 e. The first kappa shape index (κ1) is 43.3. The van der Waals surface area contributed by atoms with Crippen molar-refractivity contribution in [3.05, 3.63) is 58.3 Å². The van der Waals surface area contributed by atoms with Crippen molar-refractivity contribution in [1.82, 2.24) is 0 Å². The van der Waals surface area contributed by atoms with E-state index in [1.807, 2.05) is 0 Å². The number of rotatable bonds is 13. The molecule has 55 heavy (non-hydrogen) atoms. The molecule has 3 aromatic rings. The number of benzene rings is 3. The summed E-state index contributed by atoms with van der Waals surface area (Å²) in [5.74, 6) is 0.195. The van der Waals surface area contributed by atoms with Crippen LogP contribution in [0.25, 0.3) is 0 Å². The minimum Gasteiger partial charge on any atom is -0.378 e. The first-order valence-corrected chi connectivity index (χ1v) is 21.4. The summed E-state index contributed by atoms with van der Waals surface area (Å²) < 4.78 is 0. The predicted octanol–water partition coefficient (Wildman–Crippen LogP) is 5.59. The van der Waals surface area contributed by atoms with Gasteiger partial charge in [-0.3, -0.25) is 0 Å². The van der Waals surface area contributed by atoms with Crippen molar-refractivity contribution in [2.45, 2.75) is 27.7 Å². The van der Waals surface area contributed by atoms with Gasteiger partial charge in [0.1, 0.15) is 0 Å². The molecule has 1 aliphatic carbocycles. The van der Waals surface area contributed by atoms with E-state index in [1.165, 1.54) is 83.5 Å². The maximum atomic E-state index is 2.48. The molecule has 302 valence electrons. The summed E-state index contributed by atoms with van der Waals surface area (Å²) in [7, 11) is 36.4. The topological polar surface area (TPSA) is 29.2 Å². The Bertz CT molecular complexity index is 1780. The molecule has 0 saturated carbocycles. The molecule has 10 heteroatoms. The summed E-state index contributed by atoms with van der Waals surface area (Å²) in [5, 5.41) is 5.76. The molecule has 0 spiro atoms. The molecule has 0 aromatic heterocycles. The maximum Gasteiger partial charge on any atom is 0.191 e. The molecule has 0 aliphatic heterocycles. The summed E-state index contributed by atoms with van der Waals surface area (Å²) in [6.07, 6.45) is 0. The Kier molecular flexibility index (Phi) is 12.6. The van der Waals surface area contributed by atoms with Crippen molar-refractivity contribution in [2.75, 3.05) is 171 Å². The van der Waals surface area contributed by atoms with Crippen LogP contribution in [-0.4, -0.2) is 135 Å². The van der Waals surface area contributed by atoms with E-state index in [1.54, 1.807) is 5.20 Å². The van der Waals surface area contributed by atoms with E-state index < -0.39 is 8.07 Å². The van der Waals surface area contributed by atoms with E-state index in [-0.39, 0.29) is 5.92 Å². The predicted molar refractivity (Wildman–Crippen MR) is 253 cm³/mol. The molecule has 1 aliphatic rings. The fraction of sp³-hybridized carbons (Fsp3) is 0.511. The molecule has 0 heterocycles. The summed E-state index contributed by atoms with van der Waals surface area (Å²) in [5.41, 5.74) is 15.4. The minimum absolute atomic E-state index is 0.195. The van der Waals surface area contributed by atoms with Gasteiger partial charge in [0.15, 0.2) is 8.07 Å². The Balaban J connectivity index is 2.81. The van der Waals surface area contributed by atoms with Gasteiger partial charge in [0.25, 0.3) is 0 Å². The van der Waals surface area contributed by atoms with Gasteiger partial charge in [-0.15, -0.1) is 0 Å². The lowest BCUT2D eigenvalue weighted by atomic mass is 10.1. The number of allylic oxidation sites excluding steroid dienone is 4. The normalized spacial score (nSPS) is 14.4. The highest BCUT2D eigenvalue weighted by Crippen LogP contribution is 2.49. The Labute approximate surface area is 336 Å². The third-order valence-electron chi connectivity index (χ3n) is 11.8. The zero-order chi connectivity index (χ0) is 41.8. The average Bonchev–Trinajstić information content (AvgIpc) is 3.28. The fourth-order valence-electron chi connectivity index (χ4n) is 9.13. The molecule has 0 fully saturated rings. The second kappa shape index (κ2) is 16.0. The number of hydrogen-bond donors (Lipinski definition) is 0. The van der Waals surface area contributed by atoms with Crippen LogP contribution in [0.2, 0.25) is 0 Å². The van der Waals surface area contributed by atoms with Gasteiger partial charge >= 0.3 is 0 Å². The lowest BCUT2D eigenvalue weighted by molar-refractivity contribution is 0.851. The van der Waals surface area contributed by atoms with Gasteiger partial charge in [0.2, 0.25) is 0 Å². The molecule has 1 unspecified atom stereocenters. The van der Waals surface area contributed by atoms with Crippen LogP contribution in [0.3, 0.4) is 0 Å². The smallest absolute Gasteiger partial charge is 0.191 e. The molecule has 0 saturated heterocycles. The minimum atomic E-state index is -3.57. The van der Waals surface area contributed by atoms with Gasteiger partial charge in [0, 0.05) is 159 Å². The monoisotopic (exact) mass is 768 g/mol. The van der Waals surface area contributed by atoms with Crippen molar-refractivity contribution in [2.24, 2.45) is 5.92 Å². The first-order chi connectivity index (χ1) is 25.5. The molecule has 0 amide bonds. The summed E-state index contributed by atoms with van der Waals surface area (Å²) in [6.45, 7) is 9.63. The van der Waals surface area contributed by atoms with Gasteiger partial charge in [-0.05, 0) is 68.7 Å². The van der Waals surface area contributed by atoms with Crippen LogP contribution in [0.15, 0.2) is 58.3 Å². The van der Waals surface area contributed by atoms with Crippen LogP contribution in [0, 0.1) is 5.92 Å².